The third-order valence-electron chi connectivity index (χ3n) is 15.3. The molecule has 73 heavy (non-hydrogen) atoms. The van der Waals surface area contributed by atoms with E-state index in [4.69, 9.17) is 9.05 Å². The molecule has 0 spiro atoms. The number of carbonyl (C=O) groups excluding carboxylic acids is 1. The molecule has 0 aliphatic heterocycles. The second-order valence-electron chi connectivity index (χ2n) is 23.8. The van der Waals surface area contributed by atoms with Crippen LogP contribution in [-0.2, 0) is 18.4 Å². The van der Waals surface area contributed by atoms with Crippen molar-refractivity contribution in [2.75, 3.05) is 40.9 Å². The van der Waals surface area contributed by atoms with Gasteiger partial charge < -0.3 is 28.8 Å². The Morgan fingerprint density at radius 2 is 0.753 bits per heavy atom. The Labute approximate surface area is 456 Å². The molecule has 0 rings (SSSR count). The van der Waals surface area contributed by atoms with Crippen LogP contribution in [0.4, 0.5) is 0 Å². The zero-order valence-electron chi connectivity index (χ0n) is 49.9. The van der Waals surface area contributed by atoms with Crippen LogP contribution in [0.15, 0.2) is 12.2 Å². The third kappa shape index (κ3) is 58.8. The summed E-state index contributed by atoms with van der Waals surface area (Å²) in [6.45, 7) is 4.78. The number of unbranched alkanes of at least 4 members (excludes halogenated alkanes) is 46. The van der Waals surface area contributed by atoms with Gasteiger partial charge in [-0.2, -0.15) is 0 Å². The predicted molar refractivity (Wildman–Crippen MR) is 316 cm³/mol. The van der Waals surface area contributed by atoms with Crippen LogP contribution in [0.25, 0.3) is 0 Å². The van der Waals surface area contributed by atoms with Gasteiger partial charge in [0.25, 0.3) is 7.82 Å². The molecule has 0 heterocycles. The molecule has 0 radical (unpaired) electrons. The fourth-order valence-electron chi connectivity index (χ4n) is 10.2. The molecule has 8 nitrogen and oxygen atoms in total. The normalized spacial score (nSPS) is 13.8. The average Bonchev–Trinajstić information content (AvgIpc) is 3.35. The Morgan fingerprint density at radius 1 is 0.466 bits per heavy atom. The molecule has 3 unspecified atom stereocenters. The van der Waals surface area contributed by atoms with Gasteiger partial charge >= 0.3 is 0 Å². The highest BCUT2D eigenvalue weighted by Crippen LogP contribution is 2.38. The number of hydrogen-bond donors (Lipinski definition) is 2. The number of allylic oxidation sites excluding steroid dienone is 2. The number of nitrogens with zero attached hydrogens (tertiary/aromatic N) is 1. The van der Waals surface area contributed by atoms with Crippen molar-refractivity contribution in [1.82, 2.24) is 5.32 Å². The van der Waals surface area contributed by atoms with E-state index in [-0.39, 0.29) is 19.1 Å². The first-order valence-corrected chi connectivity index (χ1v) is 34.0. The maximum absolute atomic E-state index is 13.0. The molecular weight excluding hydrogens is 924 g/mol. The van der Waals surface area contributed by atoms with Crippen molar-refractivity contribution in [3.63, 3.8) is 0 Å². The Hall–Kier alpha value is -0.760. The molecule has 0 fully saturated rings. The fourth-order valence-corrected chi connectivity index (χ4v) is 10.9. The van der Waals surface area contributed by atoms with Gasteiger partial charge in [-0.25, -0.2) is 0 Å². The molecule has 1 amide bonds. The number of aliphatic hydroxyl groups excluding tert-OH is 1. The zero-order valence-corrected chi connectivity index (χ0v) is 50.8. The van der Waals surface area contributed by atoms with Crippen LogP contribution in [0.5, 0.6) is 0 Å². The molecule has 0 aliphatic carbocycles. The van der Waals surface area contributed by atoms with Crippen LogP contribution in [0.2, 0.25) is 0 Å². The molecule has 0 aromatic rings. The van der Waals surface area contributed by atoms with Crippen LogP contribution in [0, 0.1) is 0 Å². The molecule has 0 saturated heterocycles. The minimum Gasteiger partial charge on any atom is -0.756 e. The lowest BCUT2D eigenvalue weighted by Crippen LogP contribution is -2.46. The quantitative estimate of drug-likeness (QED) is 0.0272. The van der Waals surface area contributed by atoms with Crippen LogP contribution >= 0.6 is 7.82 Å². The van der Waals surface area contributed by atoms with E-state index in [0.717, 1.165) is 38.5 Å². The number of hydrogen-bond acceptors (Lipinski definition) is 6. The number of carbonyl (C=O) groups is 1. The van der Waals surface area contributed by atoms with E-state index in [1.54, 1.807) is 0 Å². The molecular formula is C64H129N2O6P. The first-order valence-electron chi connectivity index (χ1n) is 32.5. The number of rotatable bonds is 61. The van der Waals surface area contributed by atoms with Gasteiger partial charge in [0.1, 0.15) is 13.2 Å². The van der Waals surface area contributed by atoms with Crippen LogP contribution in [-0.4, -0.2) is 68.5 Å². The molecule has 0 aromatic heterocycles. The van der Waals surface area contributed by atoms with Gasteiger partial charge in [0.05, 0.1) is 39.9 Å². The van der Waals surface area contributed by atoms with E-state index < -0.39 is 20.0 Å². The van der Waals surface area contributed by atoms with Gasteiger partial charge in [-0.05, 0) is 38.5 Å². The highest BCUT2D eigenvalue weighted by Gasteiger charge is 2.24. The number of phosphoric acid groups is 1. The summed E-state index contributed by atoms with van der Waals surface area (Å²) in [6.07, 6.45) is 69.8. The molecule has 3 atom stereocenters. The van der Waals surface area contributed by atoms with Gasteiger partial charge in [-0.15, -0.1) is 0 Å². The Morgan fingerprint density at radius 3 is 1.07 bits per heavy atom. The second kappa shape index (κ2) is 56.0. The SMILES string of the molecule is CCCCCCCCCCCCCC/C=C\CCCCCCCCCCCCC(=O)NC(COP(=O)([O-])OCC[N+](C)(C)C)C(O)CCCCCCCCCCCCCCCCCCCCCCCCCCC. The molecule has 2 N–H and O–H groups in total. The highest BCUT2D eigenvalue weighted by molar-refractivity contribution is 7.45. The third-order valence-corrected chi connectivity index (χ3v) is 16.2. The monoisotopic (exact) mass is 1050 g/mol. The summed E-state index contributed by atoms with van der Waals surface area (Å²) in [5.41, 5.74) is 0. The first-order chi connectivity index (χ1) is 35.5. The number of quaternary nitrogens is 1. The molecule has 0 aliphatic rings. The van der Waals surface area contributed by atoms with E-state index in [9.17, 15) is 19.4 Å². The molecule has 0 aromatic carbocycles. The predicted octanol–water partition coefficient (Wildman–Crippen LogP) is 19.5. The smallest absolute Gasteiger partial charge is 0.268 e. The van der Waals surface area contributed by atoms with Crippen molar-refractivity contribution in [2.24, 2.45) is 0 Å². The summed E-state index contributed by atoms with van der Waals surface area (Å²) in [7, 11) is 1.32. The van der Waals surface area contributed by atoms with E-state index in [1.807, 2.05) is 21.1 Å². The fraction of sp³-hybridized carbons (Fsp3) is 0.953. The number of nitrogens with one attached hydrogen (secondary N) is 1. The van der Waals surface area contributed by atoms with Gasteiger partial charge in [-0.3, -0.25) is 9.36 Å². The van der Waals surface area contributed by atoms with Crippen molar-refractivity contribution < 1.29 is 32.9 Å². The molecule has 436 valence electrons. The van der Waals surface area contributed by atoms with Gasteiger partial charge in [-0.1, -0.05) is 309 Å². The first kappa shape index (κ1) is 72.2. The number of likely N-dealkylation sites (N-methyl/N-ethyl adjacent to an activating group) is 1. The van der Waals surface area contributed by atoms with E-state index in [2.05, 4.69) is 31.3 Å². The lowest BCUT2D eigenvalue weighted by Gasteiger charge is -2.30. The molecule has 9 heteroatoms. The van der Waals surface area contributed by atoms with Crippen LogP contribution in [0.3, 0.4) is 0 Å². The minimum atomic E-state index is -4.58. The molecule has 0 bridgehead atoms. The summed E-state index contributed by atoms with van der Waals surface area (Å²) in [5, 5.41) is 14.1. The summed E-state index contributed by atoms with van der Waals surface area (Å²) in [4.78, 5) is 25.6. The van der Waals surface area contributed by atoms with Crippen molar-refractivity contribution in [1.29, 1.82) is 0 Å². The van der Waals surface area contributed by atoms with Gasteiger partial charge in [0.2, 0.25) is 5.91 Å². The van der Waals surface area contributed by atoms with Gasteiger partial charge in [0, 0.05) is 6.42 Å². The summed E-state index contributed by atoms with van der Waals surface area (Å²) in [5.74, 6) is -0.159. The highest BCUT2D eigenvalue weighted by atomic mass is 31.2. The van der Waals surface area contributed by atoms with E-state index >= 15 is 0 Å². The second-order valence-corrected chi connectivity index (χ2v) is 25.2. The van der Waals surface area contributed by atoms with Crippen molar-refractivity contribution in [3.8, 4) is 0 Å². The minimum absolute atomic E-state index is 0.0147. The largest absolute Gasteiger partial charge is 0.756 e. The number of aliphatic hydroxyl groups is 1. The standard InChI is InChI=1S/C64H129N2O6P/c1-6-8-10-12-14-16-18-20-22-24-26-28-30-32-34-36-38-40-42-44-46-48-50-52-54-56-58-64(68)65-62(61-72-73(69,70)71-60-59-66(3,4)5)63(67)57-55-53-51-49-47-45-43-41-39-37-35-33-31-29-27-25-23-21-19-17-15-13-11-9-7-2/h32,34,62-63,67H,6-31,33,35-61H2,1-5H3,(H-,65,68,69,70)/b34-32-. The van der Waals surface area contributed by atoms with E-state index in [0.29, 0.717) is 23.9 Å². The lowest BCUT2D eigenvalue weighted by atomic mass is 10.0. The van der Waals surface area contributed by atoms with E-state index in [1.165, 1.54) is 276 Å². The number of phosphoric ester groups is 1. The summed E-state index contributed by atoms with van der Waals surface area (Å²) >= 11 is 0. The molecule has 0 saturated carbocycles. The topological polar surface area (TPSA) is 108 Å². The summed E-state index contributed by atoms with van der Waals surface area (Å²) < 4.78 is 23.5. The average molecular weight is 1050 g/mol. The Balaban J connectivity index is 4.07. The van der Waals surface area contributed by atoms with Gasteiger partial charge in [0.15, 0.2) is 0 Å². The Bertz CT molecular complexity index is 1200. The maximum Gasteiger partial charge on any atom is 0.268 e. The van der Waals surface area contributed by atoms with Crippen molar-refractivity contribution in [2.45, 2.75) is 353 Å². The maximum atomic E-state index is 13.0. The number of amides is 1. The van der Waals surface area contributed by atoms with Crippen molar-refractivity contribution >= 4 is 13.7 Å². The Kier molecular flexibility index (Phi) is 55.4. The van der Waals surface area contributed by atoms with Crippen LogP contribution < -0.4 is 10.2 Å². The van der Waals surface area contributed by atoms with Crippen LogP contribution in [0.1, 0.15) is 341 Å². The lowest BCUT2D eigenvalue weighted by molar-refractivity contribution is -0.870. The zero-order chi connectivity index (χ0) is 53.5. The van der Waals surface area contributed by atoms with Crippen molar-refractivity contribution in [3.05, 3.63) is 12.2 Å². The summed E-state index contributed by atoms with van der Waals surface area (Å²) in [6, 6.07) is -0.800.